The van der Waals surface area contributed by atoms with Crippen molar-refractivity contribution >= 4 is 50.9 Å². The van der Waals surface area contributed by atoms with Crippen LogP contribution in [-0.4, -0.2) is 27.9 Å². The average molecular weight is 536 g/mol. The lowest BCUT2D eigenvalue weighted by molar-refractivity contribution is -0.182. The minimum Gasteiger partial charge on any atom is -0.349 e. The highest BCUT2D eigenvalue weighted by Crippen LogP contribution is 2.62. The van der Waals surface area contributed by atoms with Crippen LogP contribution in [0.5, 0.6) is 0 Å². The average Bonchev–Trinajstić information content (AvgIpc) is 2.97. The van der Waals surface area contributed by atoms with Gasteiger partial charge in [-0.3, -0.25) is 9.36 Å². The van der Waals surface area contributed by atoms with Gasteiger partial charge >= 0.3 is 19.4 Å². The molecule has 1 aliphatic rings. The van der Waals surface area contributed by atoms with Crippen LogP contribution in [0.2, 0.25) is 0 Å². The molecule has 1 amide bonds. The molecule has 0 radical (unpaired) electrons. The third-order valence-corrected chi connectivity index (χ3v) is 8.49. The van der Waals surface area contributed by atoms with Gasteiger partial charge in [0.1, 0.15) is 4.88 Å². The van der Waals surface area contributed by atoms with Crippen LogP contribution in [0.1, 0.15) is 40.9 Å². The number of nitrogens with one attached hydrogen (secondary N) is 1. The van der Waals surface area contributed by atoms with Crippen LogP contribution < -0.4 is 5.32 Å². The second-order valence-electron chi connectivity index (χ2n) is 7.11. The molecule has 0 atom stereocenters. The fourth-order valence-electron chi connectivity index (χ4n) is 3.37. The molecule has 166 valence electrons. The zero-order chi connectivity index (χ0) is 22.5. The van der Waals surface area contributed by atoms with Crippen LogP contribution in [0.25, 0.3) is 10.1 Å². The van der Waals surface area contributed by atoms with E-state index < -0.39 is 42.2 Å². The first-order valence-electron chi connectivity index (χ1n) is 8.75. The molecule has 13 heteroatoms. The van der Waals surface area contributed by atoms with Crippen LogP contribution >= 0.6 is 34.9 Å². The topological polar surface area (TPSA) is 86.6 Å². The first-order valence-corrected chi connectivity index (χ1v) is 12.0. The number of amides is 1. The van der Waals surface area contributed by atoms with Gasteiger partial charge in [0.2, 0.25) is 0 Å². The molecule has 0 aliphatic heterocycles. The number of fused-ring (bicyclic) bond motifs is 1. The van der Waals surface area contributed by atoms with Gasteiger partial charge in [0.15, 0.2) is 0 Å². The van der Waals surface area contributed by atoms with Gasteiger partial charge in [0.25, 0.3) is 5.91 Å². The van der Waals surface area contributed by atoms with Crippen molar-refractivity contribution in [2.45, 2.75) is 43.6 Å². The van der Waals surface area contributed by atoms with Crippen LogP contribution in [0.4, 0.5) is 22.0 Å². The van der Waals surface area contributed by atoms with E-state index in [0.717, 1.165) is 0 Å². The van der Waals surface area contributed by atoms with E-state index in [-0.39, 0.29) is 45.8 Å². The number of carbonyl (C=O) groups is 1. The maximum absolute atomic E-state index is 14.1. The number of thiophene rings is 1. The van der Waals surface area contributed by atoms with E-state index in [1.807, 2.05) is 0 Å². The number of halogens is 6. The molecule has 3 N–H and O–H groups in total. The second-order valence-corrected chi connectivity index (χ2v) is 10.6. The lowest BCUT2D eigenvalue weighted by Gasteiger charge is -2.30. The molecule has 2 aromatic rings. The van der Waals surface area contributed by atoms with E-state index in [9.17, 15) is 31.3 Å². The SMILES string of the molecule is O=C(NC1CCC(C(F)(F)F)CC1)c1ccc2sc(C(F)(F)P(=O)(O)O)c(Br)c2c1. The fourth-order valence-corrected chi connectivity index (χ4v) is 6.29. The number of hydrogen-bond acceptors (Lipinski definition) is 3. The van der Waals surface area contributed by atoms with Crippen molar-refractivity contribution in [3.8, 4) is 0 Å². The summed E-state index contributed by atoms with van der Waals surface area (Å²) in [5.74, 6) is -1.94. The number of rotatable bonds is 4. The standard InChI is InChI=1S/C17H16BrF5NO4PS/c18-13-11-7-8(1-6-12(11)30-14(13)17(22,23)29(26,27)28)15(25)24-10-4-2-9(3-5-10)16(19,20)21/h1,6-7,9-10H,2-5H2,(H,24,25)(H2,26,27,28). The minimum atomic E-state index is -5.76. The van der Waals surface area contributed by atoms with Crippen LogP contribution in [0.3, 0.4) is 0 Å². The predicted molar refractivity (Wildman–Crippen MR) is 105 cm³/mol. The molecule has 1 heterocycles. The molecule has 1 saturated carbocycles. The number of benzene rings is 1. The van der Waals surface area contributed by atoms with Crippen molar-refractivity contribution in [1.82, 2.24) is 5.32 Å². The van der Waals surface area contributed by atoms with Gasteiger partial charge in [-0.15, -0.1) is 11.3 Å². The summed E-state index contributed by atoms with van der Waals surface area (Å²) in [7, 11) is -5.76. The Labute approximate surface area is 179 Å². The Bertz CT molecular complexity index is 1010. The van der Waals surface area contributed by atoms with Crippen molar-refractivity contribution in [1.29, 1.82) is 0 Å². The Kier molecular flexibility index (Phi) is 6.39. The van der Waals surface area contributed by atoms with E-state index in [1.54, 1.807) is 0 Å². The third kappa shape index (κ3) is 4.57. The molecule has 5 nitrogen and oxygen atoms in total. The molecule has 1 aromatic heterocycles. The first kappa shape index (κ1) is 23.6. The zero-order valence-corrected chi connectivity index (χ0v) is 18.3. The van der Waals surface area contributed by atoms with E-state index in [0.29, 0.717) is 11.3 Å². The normalized spacial score (nSPS) is 21.1. The van der Waals surface area contributed by atoms with Gasteiger partial charge in [-0.1, -0.05) is 0 Å². The Morgan fingerprint density at radius 3 is 2.27 bits per heavy atom. The fraction of sp³-hybridized carbons (Fsp3) is 0.471. The van der Waals surface area contributed by atoms with Crippen molar-refractivity contribution in [3.63, 3.8) is 0 Å². The summed E-state index contributed by atoms with van der Waals surface area (Å²) in [6.45, 7) is 0. The van der Waals surface area contributed by atoms with Crippen LogP contribution in [0, 0.1) is 5.92 Å². The maximum atomic E-state index is 14.1. The van der Waals surface area contributed by atoms with Gasteiger partial charge in [-0.2, -0.15) is 22.0 Å². The van der Waals surface area contributed by atoms with Gasteiger partial charge < -0.3 is 15.1 Å². The lowest BCUT2D eigenvalue weighted by atomic mass is 9.85. The van der Waals surface area contributed by atoms with E-state index >= 15 is 0 Å². The zero-order valence-electron chi connectivity index (χ0n) is 15.0. The summed E-state index contributed by atoms with van der Waals surface area (Å²) < 4.78 is 77.7. The van der Waals surface area contributed by atoms with Crippen molar-refractivity contribution < 1.29 is 41.1 Å². The summed E-state index contributed by atoms with van der Waals surface area (Å²) >= 11 is 3.42. The van der Waals surface area contributed by atoms with Crippen LogP contribution in [-0.2, 0) is 10.2 Å². The van der Waals surface area contributed by atoms with Gasteiger partial charge in [-0.25, -0.2) is 0 Å². The Hall–Kier alpha value is -1.07. The Balaban J connectivity index is 1.78. The van der Waals surface area contributed by atoms with Crippen LogP contribution in [0.15, 0.2) is 22.7 Å². The molecule has 3 rings (SSSR count). The smallest absolute Gasteiger partial charge is 0.349 e. The lowest BCUT2D eigenvalue weighted by Crippen LogP contribution is -2.40. The largest absolute Gasteiger partial charge is 0.400 e. The summed E-state index contributed by atoms with van der Waals surface area (Å²) in [6.07, 6.45) is -4.05. The number of carbonyl (C=O) groups excluding carboxylic acids is 1. The molecular weight excluding hydrogens is 520 g/mol. The second kappa shape index (κ2) is 8.12. The molecule has 1 fully saturated rings. The molecule has 0 saturated heterocycles. The highest BCUT2D eigenvalue weighted by molar-refractivity contribution is 9.10. The van der Waals surface area contributed by atoms with Crippen molar-refractivity contribution in [2.24, 2.45) is 5.92 Å². The van der Waals surface area contributed by atoms with E-state index in [2.05, 4.69) is 21.2 Å². The van der Waals surface area contributed by atoms with Crippen molar-refractivity contribution in [2.75, 3.05) is 0 Å². The molecule has 1 aromatic carbocycles. The maximum Gasteiger partial charge on any atom is 0.400 e. The number of hydrogen-bond donors (Lipinski definition) is 3. The number of alkyl halides is 5. The van der Waals surface area contributed by atoms with Gasteiger partial charge in [0.05, 0.1) is 5.92 Å². The van der Waals surface area contributed by atoms with E-state index in [4.69, 9.17) is 9.79 Å². The molecule has 0 spiro atoms. The predicted octanol–water partition coefficient (Wildman–Crippen LogP) is 5.74. The Morgan fingerprint density at radius 1 is 1.13 bits per heavy atom. The molecule has 30 heavy (non-hydrogen) atoms. The molecular formula is C17H16BrF5NO4PS. The first-order chi connectivity index (χ1) is 13.7. The summed E-state index contributed by atoms with van der Waals surface area (Å²) in [4.78, 5) is 29.5. The van der Waals surface area contributed by atoms with Gasteiger partial charge in [0, 0.05) is 26.2 Å². The van der Waals surface area contributed by atoms with Crippen molar-refractivity contribution in [3.05, 3.63) is 33.1 Å². The molecule has 1 aliphatic carbocycles. The minimum absolute atomic E-state index is 0.0790. The summed E-state index contributed by atoms with van der Waals surface area (Å²) in [5.41, 5.74) is -4.29. The Morgan fingerprint density at radius 2 is 1.73 bits per heavy atom. The summed E-state index contributed by atoms with van der Waals surface area (Å²) in [6, 6.07) is 3.61. The highest BCUT2D eigenvalue weighted by atomic mass is 79.9. The highest BCUT2D eigenvalue weighted by Gasteiger charge is 2.53. The van der Waals surface area contributed by atoms with E-state index in [1.165, 1.54) is 18.2 Å². The monoisotopic (exact) mass is 535 g/mol. The summed E-state index contributed by atoms with van der Waals surface area (Å²) in [5, 5.41) is 2.84. The quantitative estimate of drug-likeness (QED) is 0.344. The molecule has 0 unspecified atom stereocenters. The molecule has 0 bridgehead atoms. The third-order valence-electron chi connectivity index (χ3n) is 5.05. The van der Waals surface area contributed by atoms with Gasteiger partial charge in [-0.05, 0) is 59.8 Å².